The molecule has 0 aromatic heterocycles. The molecule has 0 saturated heterocycles. The Labute approximate surface area is 137 Å². The number of phenols is 3. The topological polar surface area (TPSA) is 121 Å². The first-order valence-electron chi connectivity index (χ1n) is 6.35. The van der Waals surface area contributed by atoms with E-state index in [4.69, 9.17) is 17.5 Å². The third kappa shape index (κ3) is 4.33. The van der Waals surface area contributed by atoms with Gasteiger partial charge in [0.2, 0.25) is 0 Å². The van der Waals surface area contributed by atoms with Gasteiger partial charge in [0.25, 0.3) is 0 Å². The van der Waals surface area contributed by atoms with E-state index in [1.54, 1.807) is 24.3 Å². The number of rotatable bonds is 3. The van der Waals surface area contributed by atoms with Crippen LogP contribution >= 0.6 is 12.2 Å². The summed E-state index contributed by atoms with van der Waals surface area (Å²) in [6.07, 6.45) is 1.16. The Morgan fingerprint density at radius 1 is 1.13 bits per heavy atom. The second-order valence-corrected chi connectivity index (χ2v) is 4.82. The molecule has 23 heavy (non-hydrogen) atoms. The molecule has 0 aliphatic carbocycles. The van der Waals surface area contributed by atoms with Crippen molar-refractivity contribution in [2.24, 2.45) is 5.10 Å². The summed E-state index contributed by atoms with van der Waals surface area (Å²) in [6, 6.07) is 10.8. The summed E-state index contributed by atoms with van der Waals surface area (Å²) >= 11 is 5.03. The second kappa shape index (κ2) is 7.11. The van der Waals surface area contributed by atoms with E-state index in [2.05, 4.69) is 15.8 Å². The molecule has 7 nitrogen and oxygen atoms in total. The largest absolute Gasteiger partial charge is 0.508 e. The summed E-state index contributed by atoms with van der Waals surface area (Å²) in [5.74, 6) is -0.902. The summed E-state index contributed by atoms with van der Waals surface area (Å²) in [4.78, 5) is 0. The number of nitrogens with zero attached hydrogens (tertiary/aromatic N) is 2. The average molecular weight is 328 g/mol. The van der Waals surface area contributed by atoms with E-state index < -0.39 is 0 Å². The third-order valence-electron chi connectivity index (χ3n) is 2.75. The fourth-order valence-corrected chi connectivity index (χ4v) is 1.85. The van der Waals surface area contributed by atoms with Crippen LogP contribution in [0.15, 0.2) is 41.5 Å². The van der Waals surface area contributed by atoms with E-state index in [0.29, 0.717) is 11.3 Å². The number of hydrazone groups is 1. The molecule has 0 spiro atoms. The maximum Gasteiger partial charge on any atom is 0.191 e. The van der Waals surface area contributed by atoms with Crippen LogP contribution in [0, 0.1) is 11.3 Å². The number of hydrogen-bond acceptors (Lipinski definition) is 6. The van der Waals surface area contributed by atoms with Crippen LogP contribution in [0.4, 0.5) is 5.69 Å². The van der Waals surface area contributed by atoms with Crippen molar-refractivity contribution in [3.63, 3.8) is 0 Å². The van der Waals surface area contributed by atoms with Crippen molar-refractivity contribution in [1.82, 2.24) is 5.43 Å². The molecule has 0 aliphatic heterocycles. The molecule has 2 rings (SSSR count). The number of aromatic hydroxyl groups is 3. The quantitative estimate of drug-likeness (QED) is 0.332. The minimum absolute atomic E-state index is 0.0384. The summed E-state index contributed by atoms with van der Waals surface area (Å²) in [6.45, 7) is 0. The minimum Gasteiger partial charge on any atom is -0.508 e. The molecule has 2 aromatic carbocycles. The van der Waals surface area contributed by atoms with Crippen molar-refractivity contribution in [3.8, 4) is 23.3 Å². The SMILES string of the molecule is N#Cc1ccc(NC(=S)N/N=C/c2c(O)cc(O)cc2O)cc1. The Bertz CT molecular complexity index is 774. The monoisotopic (exact) mass is 328 g/mol. The highest BCUT2D eigenvalue weighted by atomic mass is 32.1. The molecule has 0 aliphatic rings. The standard InChI is InChI=1S/C15H12N4O3S/c16-7-9-1-3-10(4-2-9)18-15(23)19-17-8-12-13(21)5-11(20)6-14(12)22/h1-6,8,20-22H,(H2,18,19,23)/b17-8+. The molecule has 0 heterocycles. The number of nitriles is 1. The van der Waals surface area contributed by atoms with Gasteiger partial charge in [-0.3, -0.25) is 5.43 Å². The van der Waals surface area contributed by atoms with Crippen LogP contribution in [0.1, 0.15) is 11.1 Å². The predicted octanol–water partition coefficient (Wildman–Crippen LogP) is 2.00. The van der Waals surface area contributed by atoms with E-state index in [-0.39, 0.29) is 27.9 Å². The lowest BCUT2D eigenvalue weighted by atomic mass is 10.2. The number of thiocarbonyl (C=S) groups is 1. The Morgan fingerprint density at radius 3 is 2.30 bits per heavy atom. The summed E-state index contributed by atoms with van der Waals surface area (Å²) < 4.78 is 0. The molecule has 0 saturated carbocycles. The average Bonchev–Trinajstić information content (AvgIpc) is 2.50. The van der Waals surface area contributed by atoms with Gasteiger partial charge in [0.1, 0.15) is 17.2 Å². The maximum absolute atomic E-state index is 9.61. The zero-order valence-corrected chi connectivity index (χ0v) is 12.5. The van der Waals surface area contributed by atoms with Crippen LogP contribution in [0.5, 0.6) is 17.2 Å². The second-order valence-electron chi connectivity index (χ2n) is 4.41. The number of hydrogen-bond donors (Lipinski definition) is 5. The van der Waals surface area contributed by atoms with Crippen LogP contribution in [0.2, 0.25) is 0 Å². The molecule has 116 valence electrons. The van der Waals surface area contributed by atoms with E-state index in [9.17, 15) is 15.3 Å². The summed E-state index contributed by atoms with van der Waals surface area (Å²) in [5.41, 5.74) is 3.76. The van der Waals surface area contributed by atoms with Crippen molar-refractivity contribution >= 4 is 29.2 Å². The van der Waals surface area contributed by atoms with Crippen molar-refractivity contribution in [1.29, 1.82) is 5.26 Å². The fraction of sp³-hybridized carbons (Fsp3) is 0. The molecule has 0 amide bonds. The van der Waals surface area contributed by atoms with Crippen molar-refractivity contribution in [2.75, 3.05) is 5.32 Å². The zero-order chi connectivity index (χ0) is 16.8. The minimum atomic E-state index is -0.320. The Balaban J connectivity index is 1.97. The van der Waals surface area contributed by atoms with Gasteiger partial charge in [-0.1, -0.05) is 0 Å². The van der Waals surface area contributed by atoms with Crippen molar-refractivity contribution in [2.45, 2.75) is 0 Å². The molecular formula is C15H12N4O3S. The van der Waals surface area contributed by atoms with Gasteiger partial charge in [-0.05, 0) is 36.5 Å². The molecular weight excluding hydrogens is 316 g/mol. The lowest BCUT2D eigenvalue weighted by molar-refractivity contribution is 0.427. The van der Waals surface area contributed by atoms with Gasteiger partial charge in [0.15, 0.2) is 5.11 Å². The number of phenolic OH excluding ortho intramolecular Hbond substituents is 3. The van der Waals surface area contributed by atoms with E-state index >= 15 is 0 Å². The van der Waals surface area contributed by atoms with Crippen molar-refractivity contribution in [3.05, 3.63) is 47.5 Å². The summed E-state index contributed by atoms with van der Waals surface area (Å²) in [7, 11) is 0. The van der Waals surface area contributed by atoms with Crippen LogP contribution in [-0.4, -0.2) is 26.6 Å². The number of anilines is 1. The Hall–Kier alpha value is -3.31. The van der Waals surface area contributed by atoms with Crippen LogP contribution in [0.25, 0.3) is 0 Å². The molecule has 2 aromatic rings. The lowest BCUT2D eigenvalue weighted by Gasteiger charge is -2.07. The zero-order valence-electron chi connectivity index (χ0n) is 11.7. The maximum atomic E-state index is 9.61. The van der Waals surface area contributed by atoms with Gasteiger partial charge in [-0.15, -0.1) is 0 Å². The van der Waals surface area contributed by atoms with Crippen LogP contribution in [0.3, 0.4) is 0 Å². The highest BCUT2D eigenvalue weighted by molar-refractivity contribution is 7.80. The predicted molar refractivity (Wildman–Crippen MR) is 89.5 cm³/mol. The third-order valence-corrected chi connectivity index (χ3v) is 2.95. The van der Waals surface area contributed by atoms with E-state index in [1.807, 2.05) is 6.07 Å². The summed E-state index contributed by atoms with van der Waals surface area (Å²) in [5, 5.41) is 44.0. The van der Waals surface area contributed by atoms with Crippen molar-refractivity contribution < 1.29 is 15.3 Å². The normalized spacial score (nSPS) is 10.2. The molecule has 8 heteroatoms. The van der Waals surface area contributed by atoms with Gasteiger partial charge < -0.3 is 20.6 Å². The first-order chi connectivity index (χ1) is 11.0. The van der Waals surface area contributed by atoms with Gasteiger partial charge in [-0.2, -0.15) is 10.4 Å². The first kappa shape index (κ1) is 16.1. The van der Waals surface area contributed by atoms with E-state index in [0.717, 1.165) is 18.3 Å². The molecule has 0 unspecified atom stereocenters. The smallest absolute Gasteiger partial charge is 0.191 e. The molecule has 0 fully saturated rings. The number of benzene rings is 2. The first-order valence-corrected chi connectivity index (χ1v) is 6.75. The molecule has 5 N–H and O–H groups in total. The molecule has 0 radical (unpaired) electrons. The van der Waals surface area contributed by atoms with Crippen LogP contribution < -0.4 is 10.7 Å². The Morgan fingerprint density at radius 2 is 1.74 bits per heavy atom. The lowest BCUT2D eigenvalue weighted by Crippen LogP contribution is -2.23. The van der Waals surface area contributed by atoms with Gasteiger partial charge >= 0.3 is 0 Å². The fourth-order valence-electron chi connectivity index (χ4n) is 1.68. The highest BCUT2D eigenvalue weighted by Gasteiger charge is 2.07. The Kier molecular flexibility index (Phi) is 4.96. The van der Waals surface area contributed by atoms with Gasteiger partial charge in [-0.25, -0.2) is 0 Å². The van der Waals surface area contributed by atoms with Gasteiger partial charge in [0.05, 0.1) is 23.4 Å². The molecule has 0 bridgehead atoms. The van der Waals surface area contributed by atoms with Crippen LogP contribution in [-0.2, 0) is 0 Å². The highest BCUT2D eigenvalue weighted by Crippen LogP contribution is 2.30. The van der Waals surface area contributed by atoms with E-state index in [1.165, 1.54) is 0 Å². The molecule has 0 atom stereocenters. The number of nitrogens with one attached hydrogen (secondary N) is 2. The van der Waals surface area contributed by atoms with Gasteiger partial charge in [0, 0.05) is 17.8 Å².